The molecule has 9 heteroatoms. The van der Waals surface area contributed by atoms with Crippen molar-refractivity contribution in [3.63, 3.8) is 0 Å². The van der Waals surface area contributed by atoms with Crippen molar-refractivity contribution in [2.75, 3.05) is 18.6 Å². The zero-order valence-corrected chi connectivity index (χ0v) is 19.5. The van der Waals surface area contributed by atoms with Crippen LogP contribution in [0.3, 0.4) is 0 Å². The van der Waals surface area contributed by atoms with E-state index in [0.717, 1.165) is 34.4 Å². The summed E-state index contributed by atoms with van der Waals surface area (Å²) in [5.41, 5.74) is 5.90. The molecule has 4 aliphatic rings. The summed E-state index contributed by atoms with van der Waals surface area (Å²) in [5.74, 6) is -0.862. The monoisotopic (exact) mass is 491 g/mol. The molecule has 2 aromatic carbocycles. The minimum Gasteiger partial charge on any atom is -0.502 e. The number of pyridine rings is 1. The van der Waals surface area contributed by atoms with Crippen LogP contribution in [0.15, 0.2) is 52.2 Å². The number of carbonyl (C=O) groups excluding carboxylic acids is 1. The van der Waals surface area contributed by atoms with Crippen LogP contribution in [0.4, 0.5) is 4.39 Å². The average molecular weight is 492 g/mol. The van der Waals surface area contributed by atoms with Crippen LogP contribution in [0.25, 0.3) is 11.3 Å². The van der Waals surface area contributed by atoms with E-state index < -0.39 is 29.1 Å². The van der Waals surface area contributed by atoms with Crippen molar-refractivity contribution in [1.29, 1.82) is 0 Å². The second-order valence-corrected chi connectivity index (χ2v) is 10.7. The highest BCUT2D eigenvalue weighted by Gasteiger charge is 2.53. The number of halogens is 1. The fourth-order valence-electron chi connectivity index (χ4n) is 5.38. The number of benzene rings is 2. The number of amides is 1. The zero-order chi connectivity index (χ0) is 23.9. The number of hydrogen-bond donors (Lipinski definition) is 2. The number of nitrogens with one attached hydrogen (secondary N) is 1. The molecule has 0 radical (unpaired) electrons. The van der Waals surface area contributed by atoms with Crippen molar-refractivity contribution >= 4 is 17.7 Å². The van der Waals surface area contributed by atoms with Crippen LogP contribution in [0.2, 0.25) is 0 Å². The lowest BCUT2D eigenvalue weighted by Gasteiger charge is -2.45. The third-order valence-corrected chi connectivity index (χ3v) is 8.59. The quantitative estimate of drug-likeness (QED) is 0.543. The van der Waals surface area contributed by atoms with Crippen molar-refractivity contribution in [3.8, 4) is 17.0 Å². The number of nitrogens with zero attached hydrogens (tertiary/aromatic N) is 2. The lowest BCUT2D eigenvalue weighted by molar-refractivity contribution is -0.0663. The lowest BCUT2D eigenvalue weighted by atomic mass is 9.93. The van der Waals surface area contributed by atoms with E-state index in [0.29, 0.717) is 36.6 Å². The molecule has 0 bridgehead atoms. The van der Waals surface area contributed by atoms with E-state index in [1.807, 2.05) is 12.1 Å². The number of morpholine rings is 1. The lowest BCUT2D eigenvalue weighted by Crippen LogP contribution is -2.62. The van der Waals surface area contributed by atoms with Gasteiger partial charge >= 0.3 is 0 Å². The molecule has 178 valence electrons. The molecule has 1 saturated carbocycles. The van der Waals surface area contributed by atoms with Crippen molar-refractivity contribution in [2.24, 2.45) is 0 Å². The van der Waals surface area contributed by atoms with E-state index in [2.05, 4.69) is 17.6 Å². The van der Waals surface area contributed by atoms with Gasteiger partial charge in [0.15, 0.2) is 11.4 Å². The summed E-state index contributed by atoms with van der Waals surface area (Å²) < 4.78 is 22.4. The molecule has 1 saturated heterocycles. The SMILES string of the molecule is O=C1c2c(O)c(=O)cc(-c3cc(F)cc4c3Cc3ccccc3SC4)n2N[C@@H]2COC3(CC3)CN12. The Kier molecular flexibility index (Phi) is 4.41. The fraction of sp³-hybridized carbons (Fsp3) is 0.308. The maximum absolute atomic E-state index is 14.9. The predicted octanol–water partition coefficient (Wildman–Crippen LogP) is 3.44. The topological polar surface area (TPSA) is 83.8 Å². The number of hydrogen-bond acceptors (Lipinski definition) is 6. The normalized spacial score (nSPS) is 21.3. The Morgan fingerprint density at radius 3 is 2.80 bits per heavy atom. The van der Waals surface area contributed by atoms with Gasteiger partial charge in [-0.2, -0.15) is 0 Å². The van der Waals surface area contributed by atoms with Crippen LogP contribution in [-0.2, 0) is 16.9 Å². The maximum Gasteiger partial charge on any atom is 0.278 e. The molecule has 0 unspecified atom stereocenters. The van der Waals surface area contributed by atoms with Gasteiger partial charge in [-0.3, -0.25) is 9.59 Å². The summed E-state index contributed by atoms with van der Waals surface area (Å²) in [6, 6.07) is 12.3. The van der Waals surface area contributed by atoms with E-state index in [-0.39, 0.29) is 11.3 Å². The third-order valence-electron chi connectivity index (χ3n) is 7.43. The first-order valence-electron chi connectivity index (χ1n) is 11.7. The van der Waals surface area contributed by atoms with Gasteiger partial charge in [0.05, 0.1) is 24.4 Å². The summed E-state index contributed by atoms with van der Waals surface area (Å²) in [4.78, 5) is 29.2. The molecule has 1 atom stereocenters. The Labute approximate surface area is 204 Å². The van der Waals surface area contributed by atoms with Crippen LogP contribution in [0.1, 0.15) is 40.0 Å². The molecule has 1 aromatic heterocycles. The van der Waals surface area contributed by atoms with Gasteiger partial charge in [0.25, 0.3) is 5.91 Å². The number of fused-ring (bicyclic) bond motifs is 4. The van der Waals surface area contributed by atoms with Crippen molar-refractivity contribution in [3.05, 3.63) is 80.9 Å². The van der Waals surface area contributed by atoms with Gasteiger partial charge in [0, 0.05) is 22.3 Å². The molecule has 1 aliphatic carbocycles. The zero-order valence-electron chi connectivity index (χ0n) is 18.7. The van der Waals surface area contributed by atoms with Gasteiger partial charge in [-0.15, -0.1) is 11.8 Å². The molecule has 1 amide bonds. The molecule has 3 aliphatic heterocycles. The van der Waals surface area contributed by atoms with Gasteiger partial charge in [-0.25, -0.2) is 9.07 Å². The Hall–Kier alpha value is -3.30. The number of aromatic hydroxyl groups is 1. The minimum absolute atomic E-state index is 0.122. The van der Waals surface area contributed by atoms with Crippen LogP contribution in [0.5, 0.6) is 5.75 Å². The Morgan fingerprint density at radius 2 is 1.97 bits per heavy atom. The molecule has 2 N–H and O–H groups in total. The van der Waals surface area contributed by atoms with Crippen LogP contribution in [-0.4, -0.2) is 45.5 Å². The summed E-state index contributed by atoms with van der Waals surface area (Å²) in [7, 11) is 0. The molecule has 7 nitrogen and oxygen atoms in total. The predicted molar refractivity (Wildman–Crippen MR) is 129 cm³/mol. The summed E-state index contributed by atoms with van der Waals surface area (Å²) in [6.07, 6.45) is 1.88. The van der Waals surface area contributed by atoms with Gasteiger partial charge < -0.3 is 20.2 Å². The molecule has 2 fully saturated rings. The summed E-state index contributed by atoms with van der Waals surface area (Å²) in [6.45, 7) is 0.702. The number of rotatable bonds is 1. The van der Waals surface area contributed by atoms with Crippen molar-refractivity contribution < 1.29 is 19.0 Å². The molecule has 35 heavy (non-hydrogen) atoms. The molecular formula is C26H22FN3O4S. The van der Waals surface area contributed by atoms with E-state index in [4.69, 9.17) is 4.74 Å². The van der Waals surface area contributed by atoms with Gasteiger partial charge in [0.1, 0.15) is 12.0 Å². The molecular weight excluding hydrogens is 469 g/mol. The van der Waals surface area contributed by atoms with E-state index in [1.54, 1.807) is 16.7 Å². The first-order chi connectivity index (χ1) is 16.9. The standard InChI is InChI=1S/C26H22FN3O4S/c27-16-7-15-12-35-21-4-2-1-3-14(21)8-17(15)18(9-16)19-10-20(31)24(32)23-25(33)29-13-26(5-6-26)34-11-22(29)28-30(19)23/h1-4,7,9-10,22,28,32H,5-6,8,11-13H2/t22-/m0/s1. The maximum atomic E-state index is 14.9. The summed E-state index contributed by atoms with van der Waals surface area (Å²) in [5, 5.41) is 10.7. The fourth-order valence-corrected chi connectivity index (χ4v) is 6.45. The second-order valence-electron chi connectivity index (χ2n) is 9.66. The van der Waals surface area contributed by atoms with Gasteiger partial charge in [-0.05, 0) is 54.2 Å². The number of thioether (sulfide) groups is 1. The minimum atomic E-state index is -0.671. The Balaban J connectivity index is 1.42. The van der Waals surface area contributed by atoms with Gasteiger partial charge in [-0.1, -0.05) is 18.2 Å². The molecule has 1 spiro atoms. The third kappa shape index (κ3) is 3.21. The van der Waals surface area contributed by atoms with Crippen LogP contribution in [0, 0.1) is 5.82 Å². The van der Waals surface area contributed by atoms with Crippen LogP contribution >= 0.6 is 11.8 Å². The summed E-state index contributed by atoms with van der Waals surface area (Å²) >= 11 is 1.65. The van der Waals surface area contributed by atoms with Crippen LogP contribution < -0.4 is 10.9 Å². The average Bonchev–Trinajstić information content (AvgIpc) is 3.63. The van der Waals surface area contributed by atoms with E-state index >= 15 is 0 Å². The molecule has 4 heterocycles. The highest BCUT2D eigenvalue weighted by Crippen LogP contribution is 2.45. The highest BCUT2D eigenvalue weighted by molar-refractivity contribution is 7.98. The van der Waals surface area contributed by atoms with Crippen molar-refractivity contribution in [2.45, 2.75) is 41.7 Å². The van der Waals surface area contributed by atoms with Crippen molar-refractivity contribution in [1.82, 2.24) is 9.58 Å². The van der Waals surface area contributed by atoms with E-state index in [9.17, 15) is 19.1 Å². The number of carbonyl (C=O) groups is 1. The van der Waals surface area contributed by atoms with Gasteiger partial charge in [0.2, 0.25) is 5.43 Å². The first kappa shape index (κ1) is 21.0. The Bertz CT molecular complexity index is 1480. The first-order valence-corrected chi connectivity index (χ1v) is 12.6. The molecule has 3 aromatic rings. The number of aromatic nitrogens is 1. The largest absolute Gasteiger partial charge is 0.502 e. The second kappa shape index (κ2) is 7.35. The molecule has 7 rings (SSSR count). The van der Waals surface area contributed by atoms with E-state index in [1.165, 1.54) is 22.9 Å². The highest BCUT2D eigenvalue weighted by atomic mass is 32.2. The number of ether oxygens (including phenoxy) is 1. The smallest absolute Gasteiger partial charge is 0.278 e. The Morgan fingerprint density at radius 1 is 1.14 bits per heavy atom.